The van der Waals surface area contributed by atoms with Crippen molar-refractivity contribution in [3.63, 3.8) is 0 Å². The molecule has 31 heavy (non-hydrogen) atoms. The van der Waals surface area contributed by atoms with Crippen molar-refractivity contribution in [3.8, 4) is 5.75 Å². The van der Waals surface area contributed by atoms with Crippen LogP contribution in [0.15, 0.2) is 54.3 Å². The van der Waals surface area contributed by atoms with E-state index in [2.05, 4.69) is 26.1 Å². The highest BCUT2D eigenvalue weighted by molar-refractivity contribution is 6.12. The van der Waals surface area contributed by atoms with Crippen LogP contribution in [-0.4, -0.2) is 24.4 Å². The maximum Gasteiger partial charge on any atom is 0.294 e. The number of carbonyl (C=O) groups is 2. The Bertz CT molecular complexity index is 999. The molecule has 0 atom stereocenters. The number of rotatable bonds is 4. The number of benzene rings is 2. The molecule has 0 unspecified atom stereocenters. The summed E-state index contributed by atoms with van der Waals surface area (Å²) in [6.07, 6.45) is 6.02. The van der Waals surface area contributed by atoms with E-state index in [0.29, 0.717) is 11.4 Å². The summed E-state index contributed by atoms with van der Waals surface area (Å²) < 4.78 is 6.00. The second-order valence-corrected chi connectivity index (χ2v) is 9.39. The fourth-order valence-corrected chi connectivity index (χ4v) is 4.12. The number of nitrogens with zero attached hydrogens (tertiary/aromatic N) is 1. The van der Waals surface area contributed by atoms with Crippen molar-refractivity contribution < 1.29 is 14.3 Å². The highest BCUT2D eigenvalue weighted by Crippen LogP contribution is 2.39. The standard InChI is InChI=1S/C26H30N2O3/c1-26(2,3)19-13-14-22-21(16-19)28(17-24(29)27-20-11-7-8-12-20)25(30)23(31-22)15-18-9-5-4-6-10-18/h4-6,9-10,13-16,20H,7-8,11-12,17H2,1-3H3,(H,27,29). The minimum atomic E-state index is -0.302. The highest BCUT2D eigenvalue weighted by atomic mass is 16.5. The molecule has 2 aromatic carbocycles. The van der Waals surface area contributed by atoms with Gasteiger partial charge in [-0.3, -0.25) is 14.5 Å². The lowest BCUT2D eigenvalue weighted by Crippen LogP contribution is -2.46. The molecule has 0 radical (unpaired) electrons. The molecule has 4 rings (SSSR count). The minimum Gasteiger partial charge on any atom is -0.449 e. The Hall–Kier alpha value is -3.08. The molecular formula is C26H30N2O3. The molecule has 5 nitrogen and oxygen atoms in total. The van der Waals surface area contributed by atoms with Gasteiger partial charge in [0.15, 0.2) is 11.5 Å². The van der Waals surface area contributed by atoms with Crippen molar-refractivity contribution in [2.75, 3.05) is 11.4 Å². The molecule has 0 saturated heterocycles. The van der Waals surface area contributed by atoms with Crippen LogP contribution in [0, 0.1) is 0 Å². The third kappa shape index (κ3) is 4.82. The topological polar surface area (TPSA) is 58.6 Å². The molecule has 1 aliphatic carbocycles. The third-order valence-electron chi connectivity index (χ3n) is 5.91. The summed E-state index contributed by atoms with van der Waals surface area (Å²) in [6.45, 7) is 6.35. The highest BCUT2D eigenvalue weighted by Gasteiger charge is 2.33. The number of amides is 2. The van der Waals surface area contributed by atoms with Gasteiger partial charge in [-0.2, -0.15) is 0 Å². The van der Waals surface area contributed by atoms with Crippen molar-refractivity contribution in [1.29, 1.82) is 0 Å². The summed E-state index contributed by atoms with van der Waals surface area (Å²) >= 11 is 0. The van der Waals surface area contributed by atoms with Gasteiger partial charge in [-0.25, -0.2) is 0 Å². The average Bonchev–Trinajstić information content (AvgIpc) is 3.24. The van der Waals surface area contributed by atoms with Crippen molar-refractivity contribution in [2.24, 2.45) is 0 Å². The second kappa shape index (κ2) is 8.58. The largest absolute Gasteiger partial charge is 0.449 e. The molecule has 0 bridgehead atoms. The van der Waals surface area contributed by atoms with E-state index >= 15 is 0 Å². The van der Waals surface area contributed by atoms with Gasteiger partial charge in [0.2, 0.25) is 5.91 Å². The van der Waals surface area contributed by atoms with Crippen LogP contribution in [0.4, 0.5) is 5.69 Å². The van der Waals surface area contributed by atoms with Crippen LogP contribution in [0.1, 0.15) is 57.6 Å². The quantitative estimate of drug-likeness (QED) is 0.725. The number of fused-ring (bicyclic) bond motifs is 1. The number of anilines is 1. The Morgan fingerprint density at radius 1 is 1.13 bits per heavy atom. The van der Waals surface area contributed by atoms with E-state index in [1.54, 1.807) is 11.0 Å². The van der Waals surface area contributed by atoms with Gasteiger partial charge >= 0.3 is 0 Å². The zero-order valence-corrected chi connectivity index (χ0v) is 18.5. The molecule has 5 heteroatoms. The first-order valence-corrected chi connectivity index (χ1v) is 11.0. The van der Waals surface area contributed by atoms with Gasteiger partial charge < -0.3 is 10.1 Å². The molecule has 162 valence electrons. The smallest absolute Gasteiger partial charge is 0.294 e. The average molecular weight is 419 g/mol. The summed E-state index contributed by atoms with van der Waals surface area (Å²) in [4.78, 5) is 27.7. The lowest BCUT2D eigenvalue weighted by Gasteiger charge is -2.32. The van der Waals surface area contributed by atoms with Crippen molar-refractivity contribution >= 4 is 23.6 Å². The van der Waals surface area contributed by atoms with Gasteiger partial charge in [-0.1, -0.05) is 70.0 Å². The van der Waals surface area contributed by atoms with Crippen LogP contribution in [0.2, 0.25) is 0 Å². The van der Waals surface area contributed by atoms with Crippen molar-refractivity contribution in [1.82, 2.24) is 5.32 Å². The maximum atomic E-state index is 13.4. The Labute approximate surface area is 184 Å². The van der Waals surface area contributed by atoms with Gasteiger partial charge in [0, 0.05) is 6.04 Å². The fraction of sp³-hybridized carbons (Fsp3) is 0.385. The summed E-state index contributed by atoms with van der Waals surface area (Å²) in [7, 11) is 0. The van der Waals surface area contributed by atoms with Gasteiger partial charge in [0.05, 0.1) is 5.69 Å². The van der Waals surface area contributed by atoms with Gasteiger partial charge in [-0.15, -0.1) is 0 Å². The molecular weight excluding hydrogens is 388 g/mol. The number of ether oxygens (including phenoxy) is 1. The Balaban J connectivity index is 1.68. The minimum absolute atomic E-state index is 0.0224. The van der Waals surface area contributed by atoms with E-state index in [9.17, 15) is 9.59 Å². The summed E-state index contributed by atoms with van der Waals surface area (Å²) in [5.41, 5.74) is 2.51. The first kappa shape index (κ1) is 21.2. The number of hydrogen-bond donors (Lipinski definition) is 1. The van der Waals surface area contributed by atoms with Crippen LogP contribution in [0.25, 0.3) is 6.08 Å². The lowest BCUT2D eigenvalue weighted by atomic mass is 9.86. The predicted octanol–water partition coefficient (Wildman–Crippen LogP) is 4.81. The van der Waals surface area contributed by atoms with Crippen LogP contribution in [-0.2, 0) is 15.0 Å². The van der Waals surface area contributed by atoms with E-state index in [0.717, 1.165) is 36.8 Å². The maximum absolute atomic E-state index is 13.4. The molecule has 2 amide bonds. The van der Waals surface area contributed by atoms with Crippen molar-refractivity contribution in [3.05, 3.63) is 65.4 Å². The lowest BCUT2D eigenvalue weighted by molar-refractivity contribution is -0.123. The molecule has 1 saturated carbocycles. The number of carbonyl (C=O) groups excluding carboxylic acids is 2. The van der Waals surface area contributed by atoms with Gasteiger partial charge in [-0.05, 0) is 47.6 Å². The van der Waals surface area contributed by atoms with Crippen LogP contribution < -0.4 is 15.0 Å². The monoisotopic (exact) mass is 418 g/mol. The number of hydrogen-bond acceptors (Lipinski definition) is 3. The van der Waals surface area contributed by atoms with E-state index in [4.69, 9.17) is 4.74 Å². The van der Waals surface area contributed by atoms with Gasteiger partial charge in [0.1, 0.15) is 6.54 Å². The molecule has 1 heterocycles. The van der Waals surface area contributed by atoms with Crippen LogP contribution >= 0.6 is 0 Å². The van der Waals surface area contributed by atoms with Crippen LogP contribution in [0.5, 0.6) is 5.75 Å². The van der Waals surface area contributed by atoms with E-state index in [-0.39, 0.29) is 35.6 Å². The SMILES string of the molecule is CC(C)(C)c1ccc2c(c1)N(CC(=O)NC1CCCC1)C(=O)C(=Cc1ccccc1)O2. The molecule has 0 aromatic heterocycles. The summed E-state index contributed by atoms with van der Waals surface area (Å²) in [5, 5.41) is 3.09. The molecule has 1 aliphatic heterocycles. The second-order valence-electron chi connectivity index (χ2n) is 9.39. The Morgan fingerprint density at radius 3 is 2.52 bits per heavy atom. The predicted molar refractivity (Wildman–Crippen MR) is 123 cm³/mol. The zero-order chi connectivity index (χ0) is 22.0. The molecule has 2 aromatic rings. The fourth-order valence-electron chi connectivity index (χ4n) is 4.12. The Kier molecular flexibility index (Phi) is 5.86. The van der Waals surface area contributed by atoms with Crippen LogP contribution in [0.3, 0.4) is 0 Å². The van der Waals surface area contributed by atoms with Gasteiger partial charge in [0.25, 0.3) is 5.91 Å². The van der Waals surface area contributed by atoms with Crippen molar-refractivity contribution in [2.45, 2.75) is 57.9 Å². The Morgan fingerprint density at radius 2 is 1.84 bits per heavy atom. The zero-order valence-electron chi connectivity index (χ0n) is 18.5. The van der Waals surface area contributed by atoms with E-state index in [1.807, 2.05) is 48.5 Å². The third-order valence-corrected chi connectivity index (χ3v) is 5.91. The molecule has 1 fully saturated rings. The number of nitrogens with one attached hydrogen (secondary N) is 1. The van der Waals surface area contributed by atoms with E-state index < -0.39 is 0 Å². The van der Waals surface area contributed by atoms with E-state index in [1.165, 1.54) is 0 Å². The molecule has 0 spiro atoms. The molecule has 1 N–H and O–H groups in total. The first-order chi connectivity index (χ1) is 14.8. The summed E-state index contributed by atoms with van der Waals surface area (Å²) in [6, 6.07) is 15.7. The normalized spacial score (nSPS) is 18.1. The summed E-state index contributed by atoms with van der Waals surface area (Å²) in [5.74, 6) is 0.372. The molecule has 2 aliphatic rings. The first-order valence-electron chi connectivity index (χ1n) is 11.0.